The first-order valence-corrected chi connectivity index (χ1v) is 6.65. The highest BCUT2D eigenvalue weighted by molar-refractivity contribution is 7.99. The molecule has 0 atom stereocenters. The van der Waals surface area contributed by atoms with Crippen LogP contribution in [0.1, 0.15) is 0 Å². The summed E-state index contributed by atoms with van der Waals surface area (Å²) in [5, 5.41) is 8.57. The summed E-state index contributed by atoms with van der Waals surface area (Å²) in [7, 11) is 0. The standard InChI is InChI=1S/C12H13F4NO2S/c13-9-3-1-2-4-10(9)20-6-5-17(7-11(18)19)8-12(14,15)16/h1-4H,5-8H2,(H,18,19). The van der Waals surface area contributed by atoms with Crippen LogP contribution >= 0.6 is 11.8 Å². The number of carboxylic acids is 1. The lowest BCUT2D eigenvalue weighted by Crippen LogP contribution is -2.39. The summed E-state index contributed by atoms with van der Waals surface area (Å²) in [4.78, 5) is 11.6. The zero-order valence-corrected chi connectivity index (χ0v) is 11.2. The van der Waals surface area contributed by atoms with Crippen LogP contribution in [-0.2, 0) is 4.79 Å². The second-order valence-corrected chi connectivity index (χ2v) is 5.14. The van der Waals surface area contributed by atoms with Gasteiger partial charge in [0.05, 0.1) is 13.1 Å². The van der Waals surface area contributed by atoms with E-state index in [-0.39, 0.29) is 12.3 Å². The molecule has 0 aliphatic carbocycles. The van der Waals surface area contributed by atoms with Gasteiger partial charge in [0, 0.05) is 17.2 Å². The summed E-state index contributed by atoms with van der Waals surface area (Å²) in [6.45, 7) is -2.08. The number of rotatable bonds is 7. The minimum atomic E-state index is -4.46. The van der Waals surface area contributed by atoms with Gasteiger partial charge in [-0.15, -0.1) is 11.8 Å². The van der Waals surface area contributed by atoms with Crippen molar-refractivity contribution in [2.45, 2.75) is 11.1 Å². The van der Waals surface area contributed by atoms with Crippen LogP contribution in [0.2, 0.25) is 0 Å². The predicted octanol–water partition coefficient (Wildman–Crippen LogP) is 2.87. The first-order valence-electron chi connectivity index (χ1n) is 5.66. The molecule has 20 heavy (non-hydrogen) atoms. The summed E-state index contributed by atoms with van der Waals surface area (Å²) in [5.41, 5.74) is 0. The summed E-state index contributed by atoms with van der Waals surface area (Å²) in [6, 6.07) is 5.91. The lowest BCUT2D eigenvalue weighted by atomic mass is 10.3. The van der Waals surface area contributed by atoms with Gasteiger partial charge in [0.2, 0.25) is 0 Å². The largest absolute Gasteiger partial charge is 0.480 e. The van der Waals surface area contributed by atoms with Crippen molar-refractivity contribution < 1.29 is 27.5 Å². The molecular formula is C12H13F4NO2S. The van der Waals surface area contributed by atoms with Crippen molar-refractivity contribution in [3.63, 3.8) is 0 Å². The molecule has 0 saturated carbocycles. The van der Waals surface area contributed by atoms with E-state index in [1.165, 1.54) is 18.2 Å². The number of nitrogens with zero attached hydrogens (tertiary/aromatic N) is 1. The molecule has 0 radical (unpaired) electrons. The van der Waals surface area contributed by atoms with Gasteiger partial charge >= 0.3 is 12.1 Å². The Kier molecular flexibility index (Phi) is 6.28. The van der Waals surface area contributed by atoms with Gasteiger partial charge in [0.1, 0.15) is 5.82 Å². The molecule has 1 N–H and O–H groups in total. The van der Waals surface area contributed by atoms with Gasteiger partial charge in [-0.2, -0.15) is 13.2 Å². The third-order valence-electron chi connectivity index (χ3n) is 2.26. The van der Waals surface area contributed by atoms with E-state index in [1.54, 1.807) is 6.07 Å². The Morgan fingerprint density at radius 2 is 1.95 bits per heavy atom. The van der Waals surface area contributed by atoms with E-state index in [4.69, 9.17) is 5.11 Å². The highest BCUT2D eigenvalue weighted by atomic mass is 32.2. The molecule has 1 aromatic carbocycles. The number of carbonyl (C=O) groups is 1. The Bertz CT molecular complexity index is 453. The third-order valence-corrected chi connectivity index (χ3v) is 3.29. The van der Waals surface area contributed by atoms with Crippen molar-refractivity contribution >= 4 is 17.7 Å². The van der Waals surface area contributed by atoms with Gasteiger partial charge in [-0.25, -0.2) is 4.39 Å². The molecule has 1 rings (SSSR count). The van der Waals surface area contributed by atoms with Crippen molar-refractivity contribution in [1.29, 1.82) is 0 Å². The van der Waals surface area contributed by atoms with E-state index >= 15 is 0 Å². The Hall–Kier alpha value is -1.28. The molecule has 0 bridgehead atoms. The monoisotopic (exact) mass is 311 g/mol. The van der Waals surface area contributed by atoms with Crippen LogP contribution in [0.4, 0.5) is 17.6 Å². The Morgan fingerprint density at radius 1 is 1.30 bits per heavy atom. The fraction of sp³-hybridized carbons (Fsp3) is 0.417. The molecule has 0 heterocycles. The first-order chi connectivity index (χ1) is 9.28. The first kappa shape index (κ1) is 16.8. The maximum absolute atomic E-state index is 13.3. The Labute approximate surface area is 117 Å². The zero-order valence-electron chi connectivity index (χ0n) is 10.4. The number of halogens is 4. The smallest absolute Gasteiger partial charge is 0.401 e. The maximum atomic E-state index is 13.3. The van der Waals surface area contributed by atoms with E-state index < -0.39 is 31.1 Å². The fourth-order valence-corrected chi connectivity index (χ4v) is 2.46. The Morgan fingerprint density at radius 3 is 2.50 bits per heavy atom. The van der Waals surface area contributed by atoms with Gasteiger partial charge in [-0.1, -0.05) is 12.1 Å². The number of benzene rings is 1. The molecule has 0 unspecified atom stereocenters. The van der Waals surface area contributed by atoms with Crippen LogP contribution in [0, 0.1) is 5.82 Å². The van der Waals surface area contributed by atoms with Gasteiger partial charge in [0.25, 0.3) is 0 Å². The van der Waals surface area contributed by atoms with Crippen molar-refractivity contribution in [2.75, 3.05) is 25.4 Å². The van der Waals surface area contributed by atoms with Crippen LogP contribution < -0.4 is 0 Å². The molecule has 3 nitrogen and oxygen atoms in total. The van der Waals surface area contributed by atoms with Crippen LogP contribution in [0.15, 0.2) is 29.2 Å². The fourth-order valence-electron chi connectivity index (χ4n) is 1.51. The average molecular weight is 311 g/mol. The molecular weight excluding hydrogens is 298 g/mol. The topological polar surface area (TPSA) is 40.5 Å². The molecule has 0 spiro atoms. The van der Waals surface area contributed by atoms with Crippen molar-refractivity contribution in [2.24, 2.45) is 0 Å². The predicted molar refractivity (Wildman–Crippen MR) is 67.3 cm³/mol. The van der Waals surface area contributed by atoms with E-state index in [1.807, 2.05) is 0 Å². The lowest BCUT2D eigenvalue weighted by molar-refractivity contribution is -0.153. The maximum Gasteiger partial charge on any atom is 0.401 e. The van der Waals surface area contributed by atoms with E-state index in [9.17, 15) is 22.4 Å². The number of alkyl halides is 3. The van der Waals surface area contributed by atoms with Crippen molar-refractivity contribution in [3.05, 3.63) is 30.1 Å². The van der Waals surface area contributed by atoms with E-state index in [2.05, 4.69) is 0 Å². The minimum Gasteiger partial charge on any atom is -0.480 e. The van der Waals surface area contributed by atoms with Gasteiger partial charge in [-0.05, 0) is 12.1 Å². The molecule has 0 fully saturated rings. The van der Waals surface area contributed by atoms with Crippen molar-refractivity contribution in [3.8, 4) is 0 Å². The lowest BCUT2D eigenvalue weighted by Gasteiger charge is -2.21. The van der Waals surface area contributed by atoms with Gasteiger partial charge in [0.15, 0.2) is 0 Å². The second kappa shape index (κ2) is 7.49. The molecule has 0 aromatic heterocycles. The highest BCUT2D eigenvalue weighted by Gasteiger charge is 2.31. The molecule has 0 aliphatic rings. The average Bonchev–Trinajstić information content (AvgIpc) is 2.28. The number of thioether (sulfide) groups is 1. The molecule has 112 valence electrons. The molecule has 0 amide bonds. The van der Waals surface area contributed by atoms with E-state index in [0.29, 0.717) is 4.90 Å². The van der Waals surface area contributed by atoms with Crippen LogP contribution in [0.3, 0.4) is 0 Å². The van der Waals surface area contributed by atoms with Crippen LogP contribution in [0.5, 0.6) is 0 Å². The molecule has 0 saturated heterocycles. The third kappa shape index (κ3) is 6.76. The van der Waals surface area contributed by atoms with Crippen LogP contribution in [0.25, 0.3) is 0 Å². The van der Waals surface area contributed by atoms with E-state index in [0.717, 1.165) is 16.7 Å². The molecule has 1 aromatic rings. The normalized spacial score (nSPS) is 11.8. The quantitative estimate of drug-likeness (QED) is 0.621. The summed E-state index contributed by atoms with van der Waals surface area (Å²) in [5.74, 6) is -1.60. The Balaban J connectivity index is 2.50. The zero-order chi connectivity index (χ0) is 15.2. The minimum absolute atomic E-state index is 0.0924. The summed E-state index contributed by atoms with van der Waals surface area (Å²) >= 11 is 1.05. The van der Waals surface area contributed by atoms with Gasteiger partial charge < -0.3 is 5.11 Å². The number of hydrogen-bond acceptors (Lipinski definition) is 3. The molecule has 8 heteroatoms. The van der Waals surface area contributed by atoms with Gasteiger partial charge in [-0.3, -0.25) is 9.69 Å². The number of aliphatic carboxylic acids is 1. The highest BCUT2D eigenvalue weighted by Crippen LogP contribution is 2.22. The SMILES string of the molecule is O=C(O)CN(CCSc1ccccc1F)CC(F)(F)F. The second-order valence-electron chi connectivity index (χ2n) is 4.00. The number of hydrogen-bond donors (Lipinski definition) is 1. The number of carboxylic acid groups (broad SMARTS) is 1. The van der Waals surface area contributed by atoms with Crippen molar-refractivity contribution in [1.82, 2.24) is 4.90 Å². The molecule has 0 aliphatic heterocycles. The summed E-state index contributed by atoms with van der Waals surface area (Å²) in [6.07, 6.45) is -4.46. The summed E-state index contributed by atoms with van der Waals surface area (Å²) < 4.78 is 50.1. The van der Waals surface area contributed by atoms with Crippen LogP contribution in [-0.4, -0.2) is 47.5 Å².